The summed E-state index contributed by atoms with van der Waals surface area (Å²) in [4.78, 5) is 0. The second-order valence-electron chi connectivity index (χ2n) is 3.43. The van der Waals surface area contributed by atoms with Gasteiger partial charge in [0, 0.05) is 6.54 Å². The molecule has 0 aromatic carbocycles. The van der Waals surface area contributed by atoms with E-state index in [0.717, 1.165) is 25.2 Å². The first kappa shape index (κ1) is 9.73. The molecule has 1 aliphatic rings. The zero-order chi connectivity index (χ0) is 9.97. The molecule has 0 spiro atoms. The monoisotopic (exact) mass is 211 g/mol. The van der Waals surface area contributed by atoms with Crippen molar-refractivity contribution in [2.45, 2.75) is 23.6 Å². The normalized spacial score (nSPS) is 23.6. The quantitative estimate of drug-likeness (QED) is 0.762. The van der Waals surface area contributed by atoms with Crippen molar-refractivity contribution in [3.63, 3.8) is 0 Å². The second-order valence-corrected chi connectivity index (χ2v) is 5.10. The molecular weight excluding hydrogens is 198 g/mol. The van der Waals surface area contributed by atoms with Gasteiger partial charge in [-0.2, -0.15) is 5.10 Å². The van der Waals surface area contributed by atoms with Crippen LogP contribution in [0.2, 0.25) is 0 Å². The summed E-state index contributed by atoms with van der Waals surface area (Å²) >= 11 is 0. The van der Waals surface area contributed by atoms with E-state index in [1.807, 2.05) is 13.0 Å². The van der Waals surface area contributed by atoms with Crippen LogP contribution in [0.4, 0.5) is 0 Å². The fourth-order valence-corrected chi connectivity index (χ4v) is 2.74. The average molecular weight is 211 g/mol. The number of nitrogens with one attached hydrogen (secondary N) is 1. The van der Waals surface area contributed by atoms with Gasteiger partial charge in [0.25, 0.3) is 0 Å². The molecular formula is C9H13N3OS. The van der Waals surface area contributed by atoms with Crippen LogP contribution in [0.25, 0.3) is 0 Å². The van der Waals surface area contributed by atoms with Gasteiger partial charge in [-0.05, 0) is 32.0 Å². The third-order valence-electron chi connectivity index (χ3n) is 2.30. The summed E-state index contributed by atoms with van der Waals surface area (Å²) in [7, 11) is -1.00. The highest BCUT2D eigenvalue weighted by Crippen LogP contribution is 2.13. The highest BCUT2D eigenvalue weighted by atomic mass is 32.2. The van der Waals surface area contributed by atoms with Gasteiger partial charge in [-0.25, -0.2) is 0 Å². The summed E-state index contributed by atoms with van der Waals surface area (Å²) in [5, 5.41) is 11.8. The Labute approximate surface area is 85.6 Å². The molecule has 1 aromatic rings. The maximum absolute atomic E-state index is 11.9. The Morgan fingerprint density at radius 3 is 2.93 bits per heavy atom. The van der Waals surface area contributed by atoms with Crippen molar-refractivity contribution < 1.29 is 4.21 Å². The van der Waals surface area contributed by atoms with E-state index in [-0.39, 0.29) is 5.25 Å². The maximum Gasteiger partial charge on any atom is 0.150 e. The maximum atomic E-state index is 11.9. The molecule has 4 nitrogen and oxygen atoms in total. The highest BCUT2D eigenvalue weighted by molar-refractivity contribution is 7.85. The van der Waals surface area contributed by atoms with Crippen LogP contribution in [0.15, 0.2) is 17.2 Å². The molecule has 0 unspecified atom stereocenters. The molecule has 1 fully saturated rings. The van der Waals surface area contributed by atoms with Gasteiger partial charge in [0.15, 0.2) is 0 Å². The molecule has 1 aromatic heterocycles. The number of aryl methyl sites for hydroxylation is 1. The highest BCUT2D eigenvalue weighted by Gasteiger charge is 2.23. The van der Waals surface area contributed by atoms with Gasteiger partial charge in [-0.3, -0.25) is 4.21 Å². The van der Waals surface area contributed by atoms with Crippen molar-refractivity contribution >= 4 is 10.8 Å². The predicted octanol–water partition coefficient (Wildman–Crippen LogP) is 0.255. The largest absolute Gasteiger partial charge is 0.315 e. The molecule has 14 heavy (non-hydrogen) atoms. The summed E-state index contributed by atoms with van der Waals surface area (Å²) in [5.74, 6) is 0. The van der Waals surface area contributed by atoms with Gasteiger partial charge in [0.1, 0.15) is 5.03 Å². The van der Waals surface area contributed by atoms with Gasteiger partial charge >= 0.3 is 0 Å². The SMILES string of the molecule is Cc1ccc([S@@](=O)[C@@H]2CCNC2)nn1. The molecule has 0 amide bonds. The minimum absolute atomic E-state index is 0.201. The fraction of sp³-hybridized carbons (Fsp3) is 0.556. The van der Waals surface area contributed by atoms with Crippen LogP contribution in [0.1, 0.15) is 12.1 Å². The molecule has 2 heterocycles. The van der Waals surface area contributed by atoms with Crippen molar-refractivity contribution in [1.82, 2.24) is 15.5 Å². The molecule has 1 saturated heterocycles. The van der Waals surface area contributed by atoms with Gasteiger partial charge in [0.05, 0.1) is 21.7 Å². The van der Waals surface area contributed by atoms with E-state index in [1.54, 1.807) is 6.07 Å². The number of hydrogen-bond donors (Lipinski definition) is 1. The molecule has 76 valence electrons. The lowest BCUT2D eigenvalue weighted by Crippen LogP contribution is -2.19. The molecule has 1 aliphatic heterocycles. The third-order valence-corrected chi connectivity index (χ3v) is 3.94. The van der Waals surface area contributed by atoms with Crippen molar-refractivity contribution in [2.75, 3.05) is 13.1 Å². The van der Waals surface area contributed by atoms with Crippen molar-refractivity contribution in [3.05, 3.63) is 17.8 Å². The summed E-state index contributed by atoms with van der Waals surface area (Å²) in [6.07, 6.45) is 0.960. The van der Waals surface area contributed by atoms with Crippen LogP contribution < -0.4 is 5.32 Å². The first-order chi connectivity index (χ1) is 6.77. The van der Waals surface area contributed by atoms with E-state index >= 15 is 0 Å². The molecule has 5 heteroatoms. The fourth-order valence-electron chi connectivity index (χ4n) is 1.48. The second kappa shape index (κ2) is 4.14. The molecule has 1 N–H and O–H groups in total. The van der Waals surface area contributed by atoms with E-state index in [2.05, 4.69) is 15.5 Å². The minimum Gasteiger partial charge on any atom is -0.315 e. The van der Waals surface area contributed by atoms with Crippen LogP contribution in [0.3, 0.4) is 0 Å². The zero-order valence-electron chi connectivity index (χ0n) is 8.06. The Hall–Kier alpha value is -0.810. The molecule has 0 saturated carbocycles. The van der Waals surface area contributed by atoms with Crippen molar-refractivity contribution in [1.29, 1.82) is 0 Å². The van der Waals surface area contributed by atoms with E-state index in [9.17, 15) is 4.21 Å². The Bertz CT molecular complexity index is 332. The Morgan fingerprint density at radius 1 is 1.50 bits per heavy atom. The van der Waals surface area contributed by atoms with Gasteiger partial charge < -0.3 is 5.32 Å². The topological polar surface area (TPSA) is 54.9 Å². The Kier molecular flexibility index (Phi) is 2.88. The lowest BCUT2D eigenvalue weighted by molar-refractivity contribution is 0.666. The van der Waals surface area contributed by atoms with Crippen LogP contribution in [0.5, 0.6) is 0 Å². The summed E-state index contributed by atoms with van der Waals surface area (Å²) in [6.45, 7) is 3.65. The van der Waals surface area contributed by atoms with Crippen molar-refractivity contribution in [3.8, 4) is 0 Å². The predicted molar refractivity (Wildman–Crippen MR) is 54.5 cm³/mol. The number of aromatic nitrogens is 2. The van der Waals surface area contributed by atoms with Crippen LogP contribution >= 0.6 is 0 Å². The average Bonchev–Trinajstić information content (AvgIpc) is 2.71. The standard InChI is InChI=1S/C9H13N3OS/c1-7-2-3-9(12-11-7)14(13)8-4-5-10-6-8/h2-3,8,10H,4-6H2,1H3/t8-,14+/m1/s1. The summed E-state index contributed by atoms with van der Waals surface area (Å²) in [5.41, 5.74) is 0.857. The van der Waals surface area contributed by atoms with E-state index in [1.165, 1.54) is 0 Å². The first-order valence-corrected chi connectivity index (χ1v) is 5.90. The first-order valence-electron chi connectivity index (χ1n) is 4.69. The van der Waals surface area contributed by atoms with Crippen LogP contribution in [-0.4, -0.2) is 32.7 Å². The summed E-state index contributed by atoms with van der Waals surface area (Å²) < 4.78 is 11.9. The third kappa shape index (κ3) is 1.99. The Balaban J connectivity index is 2.14. The Morgan fingerprint density at radius 2 is 2.36 bits per heavy atom. The van der Waals surface area contributed by atoms with Gasteiger partial charge in [-0.1, -0.05) is 0 Å². The summed E-state index contributed by atoms with van der Waals surface area (Å²) in [6, 6.07) is 3.65. The van der Waals surface area contributed by atoms with Crippen molar-refractivity contribution in [2.24, 2.45) is 0 Å². The lowest BCUT2D eigenvalue weighted by Gasteiger charge is -2.06. The van der Waals surface area contributed by atoms with E-state index in [0.29, 0.717) is 5.03 Å². The molecule has 0 radical (unpaired) electrons. The van der Waals surface area contributed by atoms with Gasteiger partial charge in [-0.15, -0.1) is 5.10 Å². The molecule has 0 aliphatic carbocycles. The van der Waals surface area contributed by atoms with Crippen LogP contribution in [0, 0.1) is 6.92 Å². The minimum atomic E-state index is -1.00. The van der Waals surface area contributed by atoms with E-state index in [4.69, 9.17) is 0 Å². The molecule has 0 bridgehead atoms. The molecule has 2 rings (SSSR count). The van der Waals surface area contributed by atoms with Gasteiger partial charge in [0.2, 0.25) is 0 Å². The van der Waals surface area contributed by atoms with Crippen LogP contribution in [-0.2, 0) is 10.8 Å². The number of nitrogens with zero attached hydrogens (tertiary/aromatic N) is 2. The molecule has 2 atom stereocenters. The zero-order valence-corrected chi connectivity index (χ0v) is 8.88. The smallest absolute Gasteiger partial charge is 0.150 e. The lowest BCUT2D eigenvalue weighted by atomic mass is 10.4. The number of rotatable bonds is 2. The van der Waals surface area contributed by atoms with E-state index < -0.39 is 10.8 Å². The number of hydrogen-bond acceptors (Lipinski definition) is 4.